The Hall–Kier alpha value is -2.00. The van der Waals surface area contributed by atoms with Gasteiger partial charge in [0.05, 0.1) is 11.9 Å². The van der Waals surface area contributed by atoms with E-state index < -0.39 is 27.8 Å². The minimum Gasteiger partial charge on any atom is -0.326 e. The summed E-state index contributed by atoms with van der Waals surface area (Å²) in [7, 11) is -3.52. The number of sulfonamides is 1. The number of carbonyl (C=O) groups excluding carboxylic acids is 2. The van der Waals surface area contributed by atoms with E-state index in [-0.39, 0.29) is 18.1 Å². The second-order valence-corrected chi connectivity index (χ2v) is 7.69. The highest BCUT2D eigenvalue weighted by Crippen LogP contribution is 2.24. The third-order valence-electron chi connectivity index (χ3n) is 3.73. The number of hydrogen-bond donors (Lipinski definition) is 2. The van der Waals surface area contributed by atoms with E-state index in [9.17, 15) is 22.4 Å². The van der Waals surface area contributed by atoms with E-state index in [1.54, 1.807) is 0 Å². The fraction of sp³-hybridized carbons (Fsp3) is 0.467. The van der Waals surface area contributed by atoms with Crippen LogP contribution >= 0.6 is 0 Å². The van der Waals surface area contributed by atoms with Crippen molar-refractivity contribution in [1.29, 1.82) is 0 Å². The fourth-order valence-corrected chi connectivity index (χ4v) is 3.81. The number of rotatable bonds is 4. The van der Waals surface area contributed by atoms with Crippen LogP contribution in [0.25, 0.3) is 0 Å². The van der Waals surface area contributed by atoms with Crippen molar-refractivity contribution in [1.82, 2.24) is 4.31 Å². The summed E-state index contributed by atoms with van der Waals surface area (Å²) in [5.74, 6) is -1.58. The standard InChI is InChI=1S/C15H20FN3O4S/c1-10(20)17-11-6-7-12(16)13(9-11)18-15(21)14-5-3-4-8-19(14)24(2,22)23/h6-7,9,14H,3-5,8H2,1-2H3,(H,17,20)(H,18,21). The minimum absolute atomic E-state index is 0.106. The van der Waals surface area contributed by atoms with Crippen molar-refractivity contribution < 1.29 is 22.4 Å². The average Bonchev–Trinajstić information content (AvgIpc) is 2.49. The first-order chi connectivity index (χ1) is 11.2. The lowest BCUT2D eigenvalue weighted by Gasteiger charge is -2.32. The van der Waals surface area contributed by atoms with Gasteiger partial charge in [0.1, 0.15) is 11.9 Å². The number of nitrogens with one attached hydrogen (secondary N) is 2. The lowest BCUT2D eigenvalue weighted by atomic mass is 10.0. The van der Waals surface area contributed by atoms with Gasteiger partial charge in [-0.2, -0.15) is 4.31 Å². The fourth-order valence-electron chi connectivity index (χ4n) is 2.68. The summed E-state index contributed by atoms with van der Waals surface area (Å²) < 4.78 is 38.7. The van der Waals surface area contributed by atoms with Crippen molar-refractivity contribution in [3.63, 3.8) is 0 Å². The normalized spacial score (nSPS) is 18.9. The number of anilines is 2. The molecule has 0 radical (unpaired) electrons. The zero-order chi connectivity index (χ0) is 17.9. The van der Waals surface area contributed by atoms with Crippen LogP contribution < -0.4 is 10.6 Å². The largest absolute Gasteiger partial charge is 0.326 e. The van der Waals surface area contributed by atoms with Crippen LogP contribution in [0.15, 0.2) is 18.2 Å². The van der Waals surface area contributed by atoms with Gasteiger partial charge in [0.2, 0.25) is 21.8 Å². The molecule has 7 nitrogen and oxygen atoms in total. The molecule has 2 rings (SSSR count). The van der Waals surface area contributed by atoms with Gasteiger partial charge < -0.3 is 10.6 Å². The van der Waals surface area contributed by atoms with Crippen LogP contribution in [-0.2, 0) is 19.6 Å². The Morgan fingerprint density at radius 2 is 1.96 bits per heavy atom. The summed E-state index contributed by atoms with van der Waals surface area (Å²) in [5, 5.41) is 4.92. The topological polar surface area (TPSA) is 95.6 Å². The summed E-state index contributed by atoms with van der Waals surface area (Å²) in [5.41, 5.74) is 0.230. The highest BCUT2D eigenvalue weighted by atomic mass is 32.2. The zero-order valence-corrected chi connectivity index (χ0v) is 14.3. The van der Waals surface area contributed by atoms with Gasteiger partial charge in [0.25, 0.3) is 0 Å². The molecule has 1 heterocycles. The van der Waals surface area contributed by atoms with Gasteiger partial charge in [-0.05, 0) is 31.0 Å². The van der Waals surface area contributed by atoms with E-state index in [1.807, 2.05) is 0 Å². The van der Waals surface area contributed by atoms with Crippen molar-refractivity contribution in [2.45, 2.75) is 32.2 Å². The molecule has 1 aliphatic heterocycles. The van der Waals surface area contributed by atoms with E-state index in [0.29, 0.717) is 18.5 Å². The lowest BCUT2D eigenvalue weighted by Crippen LogP contribution is -2.49. The Labute approximate surface area is 140 Å². The summed E-state index contributed by atoms with van der Waals surface area (Å²) >= 11 is 0. The van der Waals surface area contributed by atoms with Crippen molar-refractivity contribution in [3.05, 3.63) is 24.0 Å². The molecule has 9 heteroatoms. The molecule has 2 amide bonds. The van der Waals surface area contributed by atoms with E-state index >= 15 is 0 Å². The maximum absolute atomic E-state index is 13.9. The SMILES string of the molecule is CC(=O)Nc1ccc(F)c(NC(=O)C2CCCCN2S(C)(=O)=O)c1. The van der Waals surface area contributed by atoms with Crippen molar-refractivity contribution >= 4 is 33.2 Å². The van der Waals surface area contributed by atoms with Gasteiger partial charge in [-0.1, -0.05) is 6.42 Å². The molecule has 1 aromatic carbocycles. The summed E-state index contributed by atoms with van der Waals surface area (Å²) in [6.07, 6.45) is 2.84. The second kappa shape index (κ2) is 7.27. The molecule has 1 unspecified atom stereocenters. The Bertz CT molecular complexity index is 751. The number of carbonyl (C=O) groups is 2. The maximum atomic E-state index is 13.9. The molecular formula is C15H20FN3O4S. The summed E-state index contributed by atoms with van der Waals surface area (Å²) in [4.78, 5) is 23.5. The minimum atomic E-state index is -3.52. The van der Waals surface area contributed by atoms with E-state index in [1.165, 1.54) is 19.1 Å². The Kier molecular flexibility index (Phi) is 5.55. The molecule has 0 bridgehead atoms. The van der Waals surface area contributed by atoms with E-state index in [4.69, 9.17) is 0 Å². The quantitative estimate of drug-likeness (QED) is 0.854. The molecular weight excluding hydrogens is 337 g/mol. The van der Waals surface area contributed by atoms with Gasteiger partial charge in [-0.15, -0.1) is 0 Å². The number of amides is 2. The third kappa shape index (κ3) is 4.51. The first-order valence-corrected chi connectivity index (χ1v) is 9.38. The lowest BCUT2D eigenvalue weighted by molar-refractivity contribution is -0.120. The first-order valence-electron chi connectivity index (χ1n) is 7.53. The van der Waals surface area contributed by atoms with Crippen molar-refractivity contribution in [2.24, 2.45) is 0 Å². The van der Waals surface area contributed by atoms with Crippen LogP contribution in [0.4, 0.5) is 15.8 Å². The molecule has 2 N–H and O–H groups in total. The van der Waals surface area contributed by atoms with Gasteiger partial charge in [0, 0.05) is 19.2 Å². The van der Waals surface area contributed by atoms with Gasteiger partial charge in [-0.3, -0.25) is 9.59 Å². The Morgan fingerprint density at radius 1 is 1.25 bits per heavy atom. The molecule has 0 spiro atoms. The number of halogens is 1. The summed E-state index contributed by atoms with van der Waals surface area (Å²) in [6, 6.07) is 2.92. The summed E-state index contributed by atoms with van der Waals surface area (Å²) in [6.45, 7) is 1.58. The zero-order valence-electron chi connectivity index (χ0n) is 13.5. The predicted molar refractivity (Wildman–Crippen MR) is 88.5 cm³/mol. The van der Waals surface area contributed by atoms with E-state index in [2.05, 4.69) is 10.6 Å². The van der Waals surface area contributed by atoms with Gasteiger partial charge in [-0.25, -0.2) is 12.8 Å². The predicted octanol–water partition coefficient (Wildman–Crippen LogP) is 1.54. The first kappa shape index (κ1) is 18.3. The number of piperidine rings is 1. The molecule has 1 atom stereocenters. The molecule has 1 fully saturated rings. The van der Waals surface area contributed by atoms with Gasteiger partial charge >= 0.3 is 0 Å². The van der Waals surface area contributed by atoms with E-state index in [0.717, 1.165) is 23.0 Å². The molecule has 0 saturated carbocycles. The number of benzene rings is 1. The molecule has 24 heavy (non-hydrogen) atoms. The van der Waals surface area contributed by atoms with Crippen molar-refractivity contribution in [3.8, 4) is 0 Å². The highest BCUT2D eigenvalue weighted by Gasteiger charge is 2.34. The maximum Gasteiger partial charge on any atom is 0.242 e. The molecule has 1 aromatic rings. The number of hydrogen-bond acceptors (Lipinski definition) is 4. The van der Waals surface area contributed by atoms with Crippen molar-refractivity contribution in [2.75, 3.05) is 23.4 Å². The second-order valence-electron chi connectivity index (χ2n) is 5.75. The Balaban J connectivity index is 2.20. The highest BCUT2D eigenvalue weighted by molar-refractivity contribution is 7.88. The van der Waals surface area contributed by atoms with Crippen LogP contribution in [-0.4, -0.2) is 43.4 Å². The number of nitrogens with zero attached hydrogens (tertiary/aromatic N) is 1. The van der Waals surface area contributed by atoms with Gasteiger partial charge in [0.15, 0.2) is 0 Å². The monoisotopic (exact) mass is 357 g/mol. The molecule has 1 aliphatic rings. The van der Waals surface area contributed by atoms with Crippen LogP contribution in [0, 0.1) is 5.82 Å². The molecule has 132 valence electrons. The average molecular weight is 357 g/mol. The third-order valence-corrected chi connectivity index (χ3v) is 5.02. The molecule has 0 aromatic heterocycles. The molecule has 1 saturated heterocycles. The Morgan fingerprint density at radius 3 is 2.58 bits per heavy atom. The smallest absolute Gasteiger partial charge is 0.242 e. The molecule has 0 aliphatic carbocycles. The van der Waals surface area contributed by atoms with Crippen LogP contribution in [0.3, 0.4) is 0 Å². The van der Waals surface area contributed by atoms with Crippen LogP contribution in [0.2, 0.25) is 0 Å². The van der Waals surface area contributed by atoms with Crippen LogP contribution in [0.5, 0.6) is 0 Å². The van der Waals surface area contributed by atoms with Crippen LogP contribution in [0.1, 0.15) is 26.2 Å².